The quantitative estimate of drug-likeness (QED) is 0.773. The first kappa shape index (κ1) is 13.3. The molecule has 0 aromatic rings. The zero-order valence-corrected chi connectivity index (χ0v) is 10.7. The van der Waals surface area contributed by atoms with Crippen LogP contribution in [-0.4, -0.2) is 35.7 Å². The van der Waals surface area contributed by atoms with Crippen LogP contribution >= 0.6 is 0 Å². The number of carbonyl (C=O) groups is 2. The van der Waals surface area contributed by atoms with Crippen LogP contribution in [0.25, 0.3) is 0 Å². The van der Waals surface area contributed by atoms with Gasteiger partial charge in [-0.1, -0.05) is 0 Å². The van der Waals surface area contributed by atoms with Gasteiger partial charge >= 0.3 is 5.97 Å². The fourth-order valence-corrected chi connectivity index (χ4v) is 2.64. The smallest absolute Gasteiger partial charge is 0.306 e. The van der Waals surface area contributed by atoms with Gasteiger partial charge in [-0.25, -0.2) is 0 Å². The van der Waals surface area contributed by atoms with E-state index in [2.05, 4.69) is 5.32 Å². The molecule has 0 radical (unpaired) electrons. The Bertz CT molecular complexity index is 323. The Morgan fingerprint density at radius 3 is 2.50 bits per heavy atom. The molecular weight excluding hydrogens is 234 g/mol. The second-order valence-corrected chi connectivity index (χ2v) is 5.23. The molecule has 2 atom stereocenters. The highest BCUT2D eigenvalue weighted by molar-refractivity contribution is 5.82. The molecule has 0 bridgehead atoms. The van der Waals surface area contributed by atoms with Gasteiger partial charge in [-0.2, -0.15) is 0 Å². The number of ether oxygens (including phenoxy) is 1. The Kier molecular flexibility index (Phi) is 4.22. The van der Waals surface area contributed by atoms with E-state index in [9.17, 15) is 9.59 Å². The molecule has 0 aromatic heterocycles. The monoisotopic (exact) mass is 255 g/mol. The molecule has 102 valence electrons. The van der Waals surface area contributed by atoms with Crippen LogP contribution in [-0.2, 0) is 14.3 Å². The number of amides is 1. The van der Waals surface area contributed by atoms with Gasteiger partial charge in [0.15, 0.2) is 0 Å². The lowest BCUT2D eigenvalue weighted by molar-refractivity contribution is -0.142. The molecular formula is C13H21NO4. The molecule has 0 spiro atoms. The lowest BCUT2D eigenvalue weighted by Crippen LogP contribution is -2.40. The van der Waals surface area contributed by atoms with Crippen molar-refractivity contribution in [1.29, 1.82) is 0 Å². The minimum atomic E-state index is -0.710. The normalized spacial score (nSPS) is 34.9. The third-order valence-electron chi connectivity index (χ3n) is 3.87. The first-order chi connectivity index (χ1) is 8.61. The predicted molar refractivity (Wildman–Crippen MR) is 65.0 cm³/mol. The van der Waals surface area contributed by atoms with Crippen LogP contribution in [0.15, 0.2) is 0 Å². The molecule has 2 saturated carbocycles. The Morgan fingerprint density at radius 1 is 1.28 bits per heavy atom. The van der Waals surface area contributed by atoms with E-state index in [1.165, 1.54) is 0 Å². The third kappa shape index (κ3) is 3.22. The molecule has 0 aliphatic heterocycles. The van der Waals surface area contributed by atoms with Crippen LogP contribution in [0.5, 0.6) is 0 Å². The molecule has 0 aromatic carbocycles. The fourth-order valence-electron chi connectivity index (χ4n) is 2.64. The number of hydrogen-bond acceptors (Lipinski definition) is 3. The van der Waals surface area contributed by atoms with Crippen LogP contribution < -0.4 is 5.32 Å². The molecule has 2 aliphatic rings. The minimum Gasteiger partial charge on any atom is -0.481 e. The maximum absolute atomic E-state index is 11.9. The van der Waals surface area contributed by atoms with Gasteiger partial charge in [-0.3, -0.25) is 9.59 Å². The summed E-state index contributed by atoms with van der Waals surface area (Å²) in [5.41, 5.74) is 0. The van der Waals surface area contributed by atoms with Gasteiger partial charge in [0.05, 0.1) is 17.9 Å². The minimum absolute atomic E-state index is 0.0159. The van der Waals surface area contributed by atoms with Crippen molar-refractivity contribution < 1.29 is 19.4 Å². The van der Waals surface area contributed by atoms with Crippen molar-refractivity contribution in [2.45, 2.75) is 51.2 Å². The van der Waals surface area contributed by atoms with E-state index in [4.69, 9.17) is 9.84 Å². The number of rotatable bonds is 5. The fraction of sp³-hybridized carbons (Fsp3) is 0.846. The Labute approximate surface area is 107 Å². The number of carboxylic acid groups (broad SMARTS) is 1. The number of aliphatic carboxylic acids is 1. The van der Waals surface area contributed by atoms with Gasteiger partial charge in [0, 0.05) is 12.6 Å². The Balaban J connectivity index is 1.69. The lowest BCUT2D eigenvalue weighted by atomic mass is 9.86. The molecule has 2 rings (SSSR count). The second kappa shape index (κ2) is 5.69. The standard InChI is InChI=1S/C13H21NO4/c1-2-18-11-7-10(11)12(15)14-9-5-3-8(4-6-9)13(16)17/h8-11H,2-7H2,1H3,(H,14,15)(H,16,17)/t8?,9?,10-,11+/m1/s1. The van der Waals surface area contributed by atoms with Gasteiger partial charge in [0.1, 0.15) is 0 Å². The molecule has 1 amide bonds. The third-order valence-corrected chi connectivity index (χ3v) is 3.87. The van der Waals surface area contributed by atoms with E-state index in [1.807, 2.05) is 6.92 Å². The summed E-state index contributed by atoms with van der Waals surface area (Å²) >= 11 is 0. The molecule has 0 heterocycles. The second-order valence-electron chi connectivity index (χ2n) is 5.23. The molecule has 0 unspecified atom stereocenters. The van der Waals surface area contributed by atoms with Crippen molar-refractivity contribution in [2.24, 2.45) is 11.8 Å². The number of carboxylic acids is 1. The summed E-state index contributed by atoms with van der Waals surface area (Å²) in [4.78, 5) is 22.7. The van der Waals surface area contributed by atoms with E-state index in [0.29, 0.717) is 19.4 Å². The molecule has 2 fully saturated rings. The van der Waals surface area contributed by atoms with E-state index in [-0.39, 0.29) is 29.9 Å². The number of nitrogens with one attached hydrogen (secondary N) is 1. The van der Waals surface area contributed by atoms with Crippen molar-refractivity contribution in [1.82, 2.24) is 5.32 Å². The van der Waals surface area contributed by atoms with Crippen LogP contribution in [0, 0.1) is 11.8 Å². The van der Waals surface area contributed by atoms with E-state index in [0.717, 1.165) is 19.3 Å². The number of carbonyl (C=O) groups excluding carboxylic acids is 1. The largest absolute Gasteiger partial charge is 0.481 e. The molecule has 18 heavy (non-hydrogen) atoms. The van der Waals surface area contributed by atoms with Gasteiger partial charge in [-0.15, -0.1) is 0 Å². The molecule has 0 saturated heterocycles. The summed E-state index contributed by atoms with van der Waals surface area (Å²) < 4.78 is 5.39. The maximum Gasteiger partial charge on any atom is 0.306 e. The van der Waals surface area contributed by atoms with Crippen molar-refractivity contribution in [3.8, 4) is 0 Å². The van der Waals surface area contributed by atoms with Gasteiger partial charge in [0.2, 0.25) is 5.91 Å². The summed E-state index contributed by atoms with van der Waals surface area (Å²) in [6.07, 6.45) is 3.80. The molecule has 5 nitrogen and oxygen atoms in total. The first-order valence-corrected chi connectivity index (χ1v) is 6.76. The van der Waals surface area contributed by atoms with Gasteiger partial charge in [-0.05, 0) is 39.0 Å². The first-order valence-electron chi connectivity index (χ1n) is 6.76. The van der Waals surface area contributed by atoms with E-state index < -0.39 is 5.97 Å². The Hall–Kier alpha value is -1.10. The van der Waals surface area contributed by atoms with E-state index >= 15 is 0 Å². The molecule has 2 N–H and O–H groups in total. The molecule has 2 aliphatic carbocycles. The van der Waals surface area contributed by atoms with Crippen LogP contribution in [0.4, 0.5) is 0 Å². The summed E-state index contributed by atoms with van der Waals surface area (Å²) in [5.74, 6) is -0.844. The van der Waals surface area contributed by atoms with Crippen molar-refractivity contribution in [3.05, 3.63) is 0 Å². The zero-order chi connectivity index (χ0) is 13.1. The highest BCUT2D eigenvalue weighted by Crippen LogP contribution is 2.34. The van der Waals surface area contributed by atoms with Crippen molar-refractivity contribution >= 4 is 11.9 Å². The Morgan fingerprint density at radius 2 is 1.94 bits per heavy atom. The highest BCUT2D eigenvalue weighted by atomic mass is 16.5. The summed E-state index contributed by atoms with van der Waals surface area (Å²) in [5, 5.41) is 11.9. The van der Waals surface area contributed by atoms with Crippen molar-refractivity contribution in [2.75, 3.05) is 6.61 Å². The van der Waals surface area contributed by atoms with Crippen molar-refractivity contribution in [3.63, 3.8) is 0 Å². The predicted octanol–water partition coefficient (Wildman–Crippen LogP) is 1.17. The van der Waals surface area contributed by atoms with Crippen LogP contribution in [0.3, 0.4) is 0 Å². The lowest BCUT2D eigenvalue weighted by Gasteiger charge is -2.26. The maximum atomic E-state index is 11.9. The SMILES string of the molecule is CCO[C@H]1C[C@H]1C(=O)NC1CCC(C(=O)O)CC1. The summed E-state index contributed by atoms with van der Waals surface area (Å²) in [6, 6.07) is 0.149. The van der Waals surface area contributed by atoms with Gasteiger partial charge < -0.3 is 15.2 Å². The average molecular weight is 255 g/mol. The summed E-state index contributed by atoms with van der Waals surface area (Å²) in [6.45, 7) is 2.58. The zero-order valence-electron chi connectivity index (χ0n) is 10.7. The number of hydrogen-bond donors (Lipinski definition) is 2. The van der Waals surface area contributed by atoms with Crippen LogP contribution in [0.2, 0.25) is 0 Å². The van der Waals surface area contributed by atoms with Gasteiger partial charge in [0.25, 0.3) is 0 Å². The van der Waals surface area contributed by atoms with E-state index in [1.54, 1.807) is 0 Å². The average Bonchev–Trinajstić information content (AvgIpc) is 3.10. The molecule has 5 heteroatoms. The summed E-state index contributed by atoms with van der Waals surface area (Å²) in [7, 11) is 0. The van der Waals surface area contributed by atoms with Crippen LogP contribution in [0.1, 0.15) is 39.0 Å². The highest BCUT2D eigenvalue weighted by Gasteiger charge is 2.44. The topological polar surface area (TPSA) is 75.6 Å².